The average Bonchev–Trinajstić information content (AvgIpc) is 3.08. The first-order valence-corrected chi connectivity index (χ1v) is 18.0. The van der Waals surface area contributed by atoms with Gasteiger partial charge in [-0.15, -0.1) is 0 Å². The number of allylic oxidation sites excluding steroid dienone is 3. The summed E-state index contributed by atoms with van der Waals surface area (Å²) >= 11 is 6.27. The Bertz CT molecular complexity index is 1640. The zero-order chi connectivity index (χ0) is 37.0. The van der Waals surface area contributed by atoms with Crippen LogP contribution in [0.2, 0.25) is 5.02 Å². The number of methoxy groups -OCH3 is 1. The molecule has 276 valence electrons. The van der Waals surface area contributed by atoms with Gasteiger partial charge in [0.25, 0.3) is 0 Å². The molecule has 2 aliphatic heterocycles. The van der Waals surface area contributed by atoms with Gasteiger partial charge in [0, 0.05) is 49.1 Å². The van der Waals surface area contributed by atoms with Gasteiger partial charge in [-0.1, -0.05) is 36.4 Å². The van der Waals surface area contributed by atoms with Gasteiger partial charge in [0.15, 0.2) is 11.5 Å². The van der Waals surface area contributed by atoms with Gasteiger partial charge < -0.3 is 34.6 Å². The number of carbonyl (C=O) groups is 2. The SMILES string of the molecule is C=C(/C=C\C(=C/C)N1C(=O)Cc2cc(OC)c(OC(C)C)cc2[C@@H]1c1ccc(Cl)cc1)N(CC1CCC(N2CCN(C)C(=O)C2)CC1)C(O)(O)O. The highest BCUT2D eigenvalue weighted by atomic mass is 35.5. The molecule has 0 aromatic heterocycles. The van der Waals surface area contributed by atoms with Crippen LogP contribution >= 0.6 is 11.6 Å². The Morgan fingerprint density at radius 3 is 2.31 bits per heavy atom. The molecule has 1 atom stereocenters. The average molecular weight is 723 g/mol. The maximum absolute atomic E-state index is 14.0. The molecule has 2 fully saturated rings. The van der Waals surface area contributed by atoms with Gasteiger partial charge in [-0.05, 0) is 105 Å². The van der Waals surface area contributed by atoms with Gasteiger partial charge >= 0.3 is 6.10 Å². The summed E-state index contributed by atoms with van der Waals surface area (Å²) in [6, 6.07) is 10.9. The quantitative estimate of drug-likeness (QED) is 0.209. The molecule has 3 aliphatic rings. The Kier molecular flexibility index (Phi) is 12.2. The normalized spacial score (nSPS) is 22.1. The molecular formula is C39H51ClN4O7. The van der Waals surface area contributed by atoms with Crippen LogP contribution in [-0.4, -0.2) is 105 Å². The van der Waals surface area contributed by atoms with E-state index in [1.165, 1.54) is 0 Å². The van der Waals surface area contributed by atoms with E-state index in [1.54, 1.807) is 41.2 Å². The molecule has 2 heterocycles. The minimum atomic E-state index is -3.14. The van der Waals surface area contributed by atoms with E-state index in [1.807, 2.05) is 58.2 Å². The molecule has 11 nitrogen and oxygen atoms in total. The molecule has 2 aromatic rings. The molecule has 51 heavy (non-hydrogen) atoms. The standard InChI is InChI=1S/C39H51ClN4O7/c1-7-31(15-8-26(4)43(39(47,48)49)23-27-9-16-32(17-10-27)42-19-18-41(5)37(46)24-42)44-36(45)21-29-20-34(50-6)35(51-25(2)3)22-33(29)38(44)28-11-13-30(40)14-12-28/h7-8,11-15,20,22,25,27,32,38,47-49H,4,9-10,16-19,21,23-24H2,1-3,5-6H3/b15-8-,31-7+/t27?,32?,38-/m0/s1. The Morgan fingerprint density at radius 1 is 1.04 bits per heavy atom. The summed E-state index contributed by atoms with van der Waals surface area (Å²) in [5.74, 6) is 1.16. The van der Waals surface area contributed by atoms with Crippen LogP contribution in [0.15, 0.2) is 72.6 Å². The lowest BCUT2D eigenvalue weighted by Gasteiger charge is -2.42. The van der Waals surface area contributed by atoms with Crippen molar-refractivity contribution >= 4 is 23.4 Å². The smallest absolute Gasteiger partial charge is 0.369 e. The predicted octanol–water partition coefficient (Wildman–Crippen LogP) is 4.81. The van der Waals surface area contributed by atoms with Gasteiger partial charge in [-0.25, -0.2) is 0 Å². The molecule has 1 saturated carbocycles. The monoisotopic (exact) mass is 722 g/mol. The summed E-state index contributed by atoms with van der Waals surface area (Å²) in [6.07, 6.45) is 5.30. The van der Waals surface area contributed by atoms with Crippen LogP contribution in [0, 0.1) is 5.92 Å². The number of fused-ring (bicyclic) bond motifs is 1. The zero-order valence-corrected chi connectivity index (χ0v) is 31.0. The van der Waals surface area contributed by atoms with E-state index in [2.05, 4.69) is 11.5 Å². The van der Waals surface area contributed by atoms with Crippen LogP contribution in [0.3, 0.4) is 0 Å². The number of benzene rings is 2. The van der Waals surface area contributed by atoms with Gasteiger partial charge in [0.2, 0.25) is 11.8 Å². The Hall–Kier alpha value is -3.87. The van der Waals surface area contributed by atoms with E-state index in [-0.39, 0.29) is 42.5 Å². The molecule has 0 spiro atoms. The van der Waals surface area contributed by atoms with Gasteiger partial charge in [-0.3, -0.25) is 19.4 Å². The van der Waals surface area contributed by atoms with Crippen LogP contribution in [-0.2, 0) is 16.0 Å². The highest BCUT2D eigenvalue weighted by Gasteiger charge is 2.38. The fraction of sp³-hybridized carbons (Fsp3) is 0.487. The summed E-state index contributed by atoms with van der Waals surface area (Å²) in [5, 5.41) is 31.9. The Labute approximate surface area is 306 Å². The second-order valence-electron chi connectivity index (χ2n) is 14.0. The van der Waals surface area contributed by atoms with E-state index in [0.29, 0.717) is 41.4 Å². The van der Waals surface area contributed by atoms with Crippen molar-refractivity contribution in [1.29, 1.82) is 0 Å². The molecule has 0 unspecified atom stereocenters. The molecule has 12 heteroatoms. The van der Waals surface area contributed by atoms with Crippen molar-refractivity contribution in [1.82, 2.24) is 19.6 Å². The molecule has 0 radical (unpaired) electrons. The molecule has 2 amide bonds. The first-order chi connectivity index (χ1) is 24.2. The topological polar surface area (TPSA) is 126 Å². The lowest BCUT2D eigenvalue weighted by molar-refractivity contribution is -0.385. The Morgan fingerprint density at radius 2 is 1.73 bits per heavy atom. The number of halogens is 1. The van der Waals surface area contributed by atoms with Crippen LogP contribution in [0.25, 0.3) is 0 Å². The van der Waals surface area contributed by atoms with Gasteiger partial charge in [0.1, 0.15) is 0 Å². The first-order valence-electron chi connectivity index (χ1n) is 17.6. The fourth-order valence-electron chi connectivity index (χ4n) is 7.39. The van der Waals surface area contributed by atoms with E-state index in [9.17, 15) is 24.9 Å². The van der Waals surface area contributed by atoms with Crippen molar-refractivity contribution in [3.8, 4) is 11.5 Å². The summed E-state index contributed by atoms with van der Waals surface area (Å²) in [5.41, 5.74) is 3.24. The highest BCUT2D eigenvalue weighted by molar-refractivity contribution is 6.30. The third kappa shape index (κ3) is 8.96. The molecule has 5 rings (SSSR count). The van der Waals surface area contributed by atoms with Crippen molar-refractivity contribution in [3.05, 3.63) is 94.3 Å². The van der Waals surface area contributed by atoms with Crippen LogP contribution in [0.4, 0.5) is 0 Å². The van der Waals surface area contributed by atoms with E-state index in [0.717, 1.165) is 53.8 Å². The van der Waals surface area contributed by atoms with Crippen LogP contribution in [0.5, 0.6) is 11.5 Å². The van der Waals surface area contributed by atoms with E-state index >= 15 is 0 Å². The second kappa shape index (κ2) is 16.2. The minimum Gasteiger partial charge on any atom is -0.493 e. The maximum atomic E-state index is 14.0. The van der Waals surface area contributed by atoms with Crippen molar-refractivity contribution < 1.29 is 34.4 Å². The summed E-state index contributed by atoms with van der Waals surface area (Å²) in [6.45, 7) is 11.9. The van der Waals surface area contributed by atoms with E-state index in [4.69, 9.17) is 21.1 Å². The number of likely N-dealkylation sites (N-methyl/N-ethyl adjacent to an activating group) is 1. The van der Waals surface area contributed by atoms with Crippen LogP contribution in [0.1, 0.15) is 69.2 Å². The molecular weight excluding hydrogens is 672 g/mol. The zero-order valence-electron chi connectivity index (χ0n) is 30.2. The minimum absolute atomic E-state index is 0.0651. The van der Waals surface area contributed by atoms with Crippen molar-refractivity contribution in [3.63, 3.8) is 0 Å². The predicted molar refractivity (Wildman–Crippen MR) is 196 cm³/mol. The van der Waals surface area contributed by atoms with Crippen molar-refractivity contribution in [2.45, 2.75) is 77.2 Å². The third-order valence-corrected chi connectivity index (χ3v) is 10.4. The Balaban J connectivity index is 1.38. The molecule has 3 N–H and O–H groups in total. The number of rotatable bonds is 12. The fourth-order valence-corrected chi connectivity index (χ4v) is 7.51. The van der Waals surface area contributed by atoms with Crippen LogP contribution < -0.4 is 9.47 Å². The molecule has 2 aromatic carbocycles. The number of piperazine rings is 1. The van der Waals surface area contributed by atoms with Crippen molar-refractivity contribution in [2.24, 2.45) is 5.92 Å². The highest BCUT2D eigenvalue weighted by Crippen LogP contribution is 2.44. The van der Waals surface area contributed by atoms with Gasteiger partial charge in [-0.2, -0.15) is 0 Å². The maximum Gasteiger partial charge on any atom is 0.369 e. The molecule has 0 bridgehead atoms. The molecule has 1 saturated heterocycles. The number of nitrogens with zero attached hydrogens (tertiary/aromatic N) is 4. The largest absolute Gasteiger partial charge is 0.493 e. The number of hydrogen-bond donors (Lipinski definition) is 3. The van der Waals surface area contributed by atoms with Crippen molar-refractivity contribution in [2.75, 3.05) is 40.3 Å². The second-order valence-corrected chi connectivity index (χ2v) is 14.4. The number of hydrogen-bond acceptors (Lipinski definition) is 9. The lowest BCUT2D eigenvalue weighted by Crippen LogP contribution is -2.53. The summed E-state index contributed by atoms with van der Waals surface area (Å²) < 4.78 is 11.7. The van der Waals surface area contributed by atoms with E-state index < -0.39 is 12.1 Å². The number of ether oxygens (including phenoxy) is 2. The number of amides is 2. The molecule has 1 aliphatic carbocycles. The summed E-state index contributed by atoms with van der Waals surface area (Å²) in [4.78, 5) is 33.1. The first kappa shape index (κ1) is 38.4. The summed E-state index contributed by atoms with van der Waals surface area (Å²) in [7, 11) is 3.40. The lowest BCUT2D eigenvalue weighted by atomic mass is 9.84. The third-order valence-electron chi connectivity index (χ3n) is 10.1. The van der Waals surface area contributed by atoms with Gasteiger partial charge in [0.05, 0.1) is 32.2 Å². The number of aliphatic hydroxyl groups is 3. The number of carbonyl (C=O) groups excluding carboxylic acids is 2.